The lowest BCUT2D eigenvalue weighted by Gasteiger charge is -2.26. The van der Waals surface area contributed by atoms with Gasteiger partial charge in [0.2, 0.25) is 0 Å². The number of halogens is 4. The number of rotatable bonds is 6. The van der Waals surface area contributed by atoms with Gasteiger partial charge in [-0.15, -0.1) is 0 Å². The Bertz CT molecular complexity index is 1900. The summed E-state index contributed by atoms with van der Waals surface area (Å²) in [5, 5.41) is 0. The summed E-state index contributed by atoms with van der Waals surface area (Å²) < 4.78 is 58.9. The first-order chi connectivity index (χ1) is 19.9. The Hall–Kier alpha value is -3.90. The molecule has 0 radical (unpaired) electrons. The number of furan rings is 1. The summed E-state index contributed by atoms with van der Waals surface area (Å²) in [6.07, 6.45) is -3.40. The van der Waals surface area contributed by atoms with Gasteiger partial charge in [-0.3, -0.25) is 9.36 Å². The van der Waals surface area contributed by atoms with E-state index in [0.29, 0.717) is 26.3 Å². The number of hydrogen-bond donors (Lipinski definition) is 0. The van der Waals surface area contributed by atoms with Gasteiger partial charge in [0.05, 0.1) is 34.6 Å². The van der Waals surface area contributed by atoms with E-state index in [-0.39, 0.29) is 27.2 Å². The zero-order valence-electron chi connectivity index (χ0n) is 22.8. The Morgan fingerprint density at radius 3 is 2.62 bits per heavy atom. The van der Waals surface area contributed by atoms with Crippen molar-refractivity contribution in [1.29, 1.82) is 0 Å². The molecule has 1 aliphatic heterocycles. The summed E-state index contributed by atoms with van der Waals surface area (Å²) in [5.74, 6) is 0.328. The summed E-state index contributed by atoms with van der Waals surface area (Å²) in [6, 6.07) is 12.3. The molecule has 5 rings (SSSR count). The van der Waals surface area contributed by atoms with E-state index in [1.165, 1.54) is 36.0 Å². The molecule has 42 heavy (non-hydrogen) atoms. The van der Waals surface area contributed by atoms with Crippen LogP contribution in [-0.4, -0.2) is 23.8 Å². The van der Waals surface area contributed by atoms with E-state index < -0.39 is 35.4 Å². The zero-order chi connectivity index (χ0) is 30.3. The van der Waals surface area contributed by atoms with Gasteiger partial charge in [0, 0.05) is 21.7 Å². The van der Waals surface area contributed by atoms with Crippen molar-refractivity contribution in [3.63, 3.8) is 0 Å². The minimum atomic E-state index is -4.49. The minimum absolute atomic E-state index is 0.198. The number of carbonyl (C=O) groups is 1. The van der Waals surface area contributed by atoms with E-state index in [2.05, 4.69) is 20.9 Å². The summed E-state index contributed by atoms with van der Waals surface area (Å²) in [7, 11) is 1.50. The van der Waals surface area contributed by atoms with Crippen LogP contribution in [0.1, 0.15) is 43.7 Å². The maximum absolute atomic E-state index is 13.9. The van der Waals surface area contributed by atoms with Crippen molar-refractivity contribution >= 4 is 39.3 Å². The van der Waals surface area contributed by atoms with Crippen LogP contribution in [0.25, 0.3) is 17.4 Å². The van der Waals surface area contributed by atoms with Crippen LogP contribution in [0.15, 0.2) is 84.5 Å². The third-order valence-corrected chi connectivity index (χ3v) is 7.92. The molecule has 0 unspecified atom stereocenters. The average Bonchev–Trinajstić information content (AvgIpc) is 3.51. The monoisotopic (exact) mass is 660 g/mol. The number of nitrogens with zero attached hydrogens (tertiary/aromatic N) is 2. The van der Waals surface area contributed by atoms with Gasteiger partial charge in [0.25, 0.3) is 5.56 Å². The predicted octanol–water partition coefficient (Wildman–Crippen LogP) is 6.24. The SMILES string of the molecule is COc1ccc(Br)cc1[C@@H]1C(C(=O)OC(C)C)=C(C)N=c2s/c(=C\c3ccc(-c4cccc(C(F)(F)F)c4)o3)c(=O)n21. The largest absolute Gasteiger partial charge is 0.496 e. The van der Waals surface area contributed by atoms with Crippen molar-refractivity contribution in [3.05, 3.63) is 107 Å². The Morgan fingerprint density at radius 2 is 1.93 bits per heavy atom. The topological polar surface area (TPSA) is 83.0 Å². The molecule has 0 saturated heterocycles. The first-order valence-corrected chi connectivity index (χ1v) is 14.3. The Morgan fingerprint density at radius 1 is 1.17 bits per heavy atom. The van der Waals surface area contributed by atoms with Crippen LogP contribution in [-0.2, 0) is 15.7 Å². The molecule has 2 aromatic carbocycles. The Kier molecular flexibility index (Phi) is 8.04. The molecule has 0 bridgehead atoms. The normalized spacial score (nSPS) is 15.5. The summed E-state index contributed by atoms with van der Waals surface area (Å²) in [4.78, 5) is 32.2. The molecular weight excluding hydrogens is 637 g/mol. The molecular formula is C30H24BrF3N2O5S. The number of carbonyl (C=O) groups excluding carboxylic acids is 1. The van der Waals surface area contributed by atoms with Gasteiger partial charge < -0.3 is 13.9 Å². The zero-order valence-corrected chi connectivity index (χ0v) is 25.2. The second-order valence-corrected chi connectivity index (χ2v) is 11.6. The van der Waals surface area contributed by atoms with Gasteiger partial charge in [-0.1, -0.05) is 39.4 Å². The molecule has 0 fully saturated rings. The number of alkyl halides is 3. The molecule has 2 aromatic heterocycles. The molecule has 7 nitrogen and oxygen atoms in total. The van der Waals surface area contributed by atoms with Gasteiger partial charge in [0.1, 0.15) is 23.3 Å². The van der Waals surface area contributed by atoms with Crippen LogP contribution < -0.4 is 19.6 Å². The van der Waals surface area contributed by atoms with Crippen molar-refractivity contribution in [2.75, 3.05) is 7.11 Å². The van der Waals surface area contributed by atoms with Gasteiger partial charge in [-0.05, 0) is 63.2 Å². The molecule has 3 heterocycles. The fraction of sp³-hybridized carbons (Fsp3) is 0.233. The number of thiazole rings is 1. The van der Waals surface area contributed by atoms with E-state index in [1.807, 2.05) is 0 Å². The minimum Gasteiger partial charge on any atom is -0.496 e. The van der Waals surface area contributed by atoms with Crippen molar-refractivity contribution in [2.45, 2.75) is 39.1 Å². The Balaban J connectivity index is 1.65. The molecule has 12 heteroatoms. The van der Waals surface area contributed by atoms with E-state index in [1.54, 1.807) is 45.0 Å². The van der Waals surface area contributed by atoms with E-state index >= 15 is 0 Å². The van der Waals surface area contributed by atoms with Crippen molar-refractivity contribution < 1.29 is 31.9 Å². The van der Waals surface area contributed by atoms with Gasteiger partial charge in [0.15, 0.2) is 4.80 Å². The third kappa shape index (κ3) is 5.73. The number of ether oxygens (including phenoxy) is 2. The van der Waals surface area contributed by atoms with Crippen molar-refractivity contribution in [3.8, 4) is 17.1 Å². The quantitative estimate of drug-likeness (QED) is 0.229. The first-order valence-electron chi connectivity index (χ1n) is 12.7. The summed E-state index contributed by atoms with van der Waals surface area (Å²) >= 11 is 4.57. The van der Waals surface area contributed by atoms with Crippen LogP contribution in [0.5, 0.6) is 5.75 Å². The highest BCUT2D eigenvalue weighted by molar-refractivity contribution is 9.10. The van der Waals surface area contributed by atoms with E-state index in [4.69, 9.17) is 13.9 Å². The first kappa shape index (κ1) is 29.6. The molecule has 0 amide bonds. The standard InChI is InChI=1S/C30H24BrF3N2O5S/c1-15(2)40-28(38)25-16(3)35-29-36(26(25)21-13-19(31)8-10-23(21)39-4)27(37)24(42-29)14-20-9-11-22(41-20)17-6-5-7-18(12-17)30(32,33)34/h5-15,26H,1-4H3/b24-14-/t26-/m1/s1. The fourth-order valence-electron chi connectivity index (χ4n) is 4.64. The van der Waals surface area contributed by atoms with Gasteiger partial charge >= 0.3 is 12.1 Å². The maximum atomic E-state index is 13.9. The highest BCUT2D eigenvalue weighted by Crippen LogP contribution is 2.38. The number of aromatic nitrogens is 1. The van der Waals surface area contributed by atoms with Crippen LogP contribution in [0.4, 0.5) is 13.2 Å². The second-order valence-electron chi connectivity index (χ2n) is 9.70. The van der Waals surface area contributed by atoms with E-state index in [0.717, 1.165) is 23.5 Å². The molecule has 4 aromatic rings. The number of allylic oxidation sites excluding steroid dienone is 1. The molecule has 0 aliphatic carbocycles. The predicted molar refractivity (Wildman–Crippen MR) is 155 cm³/mol. The van der Waals surface area contributed by atoms with Crippen LogP contribution in [0, 0.1) is 0 Å². The maximum Gasteiger partial charge on any atom is 0.416 e. The third-order valence-electron chi connectivity index (χ3n) is 6.45. The second kappa shape index (κ2) is 11.4. The van der Waals surface area contributed by atoms with Crippen molar-refractivity contribution in [2.24, 2.45) is 4.99 Å². The number of methoxy groups -OCH3 is 1. The van der Waals surface area contributed by atoms with Crippen LogP contribution in [0.2, 0.25) is 0 Å². The molecule has 1 atom stereocenters. The lowest BCUT2D eigenvalue weighted by molar-refractivity contribution is -0.143. The molecule has 0 saturated carbocycles. The highest BCUT2D eigenvalue weighted by Gasteiger charge is 2.36. The summed E-state index contributed by atoms with van der Waals surface area (Å²) in [5.41, 5.74) is 0.154. The molecule has 0 spiro atoms. The van der Waals surface area contributed by atoms with Gasteiger partial charge in [-0.25, -0.2) is 9.79 Å². The lowest BCUT2D eigenvalue weighted by atomic mass is 9.95. The Labute approximate surface area is 250 Å². The lowest BCUT2D eigenvalue weighted by Crippen LogP contribution is -2.40. The number of fused-ring (bicyclic) bond motifs is 1. The molecule has 218 valence electrons. The average molecular weight is 661 g/mol. The number of benzene rings is 2. The van der Waals surface area contributed by atoms with E-state index in [9.17, 15) is 22.8 Å². The van der Waals surface area contributed by atoms with Gasteiger partial charge in [-0.2, -0.15) is 13.2 Å². The van der Waals surface area contributed by atoms with Crippen LogP contribution >= 0.6 is 27.3 Å². The fourth-order valence-corrected chi connectivity index (χ4v) is 6.04. The summed E-state index contributed by atoms with van der Waals surface area (Å²) in [6.45, 7) is 5.14. The smallest absolute Gasteiger partial charge is 0.416 e. The highest BCUT2D eigenvalue weighted by atomic mass is 79.9. The molecule has 0 N–H and O–H groups in total. The molecule has 1 aliphatic rings. The van der Waals surface area contributed by atoms with Crippen LogP contribution in [0.3, 0.4) is 0 Å². The van der Waals surface area contributed by atoms with Crippen molar-refractivity contribution in [1.82, 2.24) is 4.57 Å². The number of esters is 1. The number of hydrogen-bond acceptors (Lipinski definition) is 7.